The minimum absolute atomic E-state index is 0.0641. The van der Waals surface area contributed by atoms with E-state index in [0.717, 1.165) is 11.3 Å². The highest BCUT2D eigenvalue weighted by atomic mass is 32.2. The molecule has 0 aromatic heterocycles. The lowest BCUT2D eigenvalue weighted by atomic mass is 10.2. The lowest BCUT2D eigenvalue weighted by Crippen LogP contribution is -2.40. The van der Waals surface area contributed by atoms with Crippen molar-refractivity contribution in [3.63, 3.8) is 0 Å². The van der Waals surface area contributed by atoms with Crippen molar-refractivity contribution in [3.8, 4) is 0 Å². The van der Waals surface area contributed by atoms with Gasteiger partial charge < -0.3 is 15.0 Å². The average Bonchev–Trinajstić information content (AvgIpc) is 2.81. The summed E-state index contributed by atoms with van der Waals surface area (Å²) in [5, 5.41) is 2.90. The Morgan fingerprint density at radius 2 is 1.82 bits per heavy atom. The molecule has 1 N–H and O–H groups in total. The number of anilines is 2. The van der Waals surface area contributed by atoms with Gasteiger partial charge >= 0.3 is 0 Å². The molecule has 1 amide bonds. The number of carbonyl (C=O) groups excluding carboxylic acids is 1. The molecule has 186 valence electrons. The first-order chi connectivity index (χ1) is 16.2. The van der Waals surface area contributed by atoms with Crippen molar-refractivity contribution in [2.45, 2.75) is 25.3 Å². The van der Waals surface area contributed by atoms with Crippen LogP contribution < -0.4 is 10.2 Å². The molecule has 0 spiro atoms. The Morgan fingerprint density at radius 1 is 1.12 bits per heavy atom. The van der Waals surface area contributed by atoms with Gasteiger partial charge in [-0.25, -0.2) is 12.8 Å². The van der Waals surface area contributed by atoms with Gasteiger partial charge in [-0.2, -0.15) is 4.31 Å². The minimum Gasteiger partial charge on any atom is -0.379 e. The van der Waals surface area contributed by atoms with E-state index in [4.69, 9.17) is 4.74 Å². The molecule has 2 aromatic rings. The van der Waals surface area contributed by atoms with Crippen LogP contribution in [0.5, 0.6) is 0 Å². The summed E-state index contributed by atoms with van der Waals surface area (Å²) >= 11 is 0. The van der Waals surface area contributed by atoms with E-state index in [1.807, 2.05) is 13.8 Å². The van der Waals surface area contributed by atoms with Crippen LogP contribution in [0.2, 0.25) is 0 Å². The second kappa shape index (κ2) is 11.7. The summed E-state index contributed by atoms with van der Waals surface area (Å²) in [6, 6.07) is 11.1. The molecule has 0 unspecified atom stereocenters. The van der Waals surface area contributed by atoms with E-state index in [2.05, 4.69) is 10.2 Å². The first-order valence-corrected chi connectivity index (χ1v) is 12.9. The topological polar surface area (TPSA) is 82.2 Å². The molecule has 0 saturated carbocycles. The van der Waals surface area contributed by atoms with E-state index < -0.39 is 10.0 Å². The molecule has 0 bridgehead atoms. The molecule has 1 saturated heterocycles. The number of hydrogen-bond donors (Lipinski definition) is 1. The number of carbonyl (C=O) groups is 1. The number of nitrogens with one attached hydrogen (secondary N) is 1. The number of amides is 1. The van der Waals surface area contributed by atoms with Gasteiger partial charge in [0, 0.05) is 32.7 Å². The van der Waals surface area contributed by atoms with Crippen molar-refractivity contribution in [2.24, 2.45) is 0 Å². The van der Waals surface area contributed by atoms with Crippen LogP contribution in [0.25, 0.3) is 0 Å². The van der Waals surface area contributed by atoms with Crippen LogP contribution in [-0.4, -0.2) is 76.5 Å². The van der Waals surface area contributed by atoms with Crippen molar-refractivity contribution in [1.82, 2.24) is 9.21 Å². The molecule has 1 heterocycles. The first kappa shape index (κ1) is 26.1. The molecule has 1 aliphatic heterocycles. The molecule has 34 heavy (non-hydrogen) atoms. The number of benzene rings is 2. The maximum absolute atomic E-state index is 13.5. The maximum Gasteiger partial charge on any atom is 0.243 e. The Hall–Kier alpha value is -2.53. The van der Waals surface area contributed by atoms with E-state index in [1.54, 1.807) is 36.2 Å². The number of halogens is 1. The van der Waals surface area contributed by atoms with Gasteiger partial charge in [0.1, 0.15) is 5.82 Å². The van der Waals surface area contributed by atoms with Gasteiger partial charge in [-0.1, -0.05) is 12.1 Å². The lowest BCUT2D eigenvalue weighted by Gasteiger charge is -2.28. The zero-order valence-electron chi connectivity index (χ0n) is 20.0. The average molecular weight is 493 g/mol. The molecule has 8 nitrogen and oxygen atoms in total. The Morgan fingerprint density at radius 3 is 2.47 bits per heavy atom. The van der Waals surface area contributed by atoms with Gasteiger partial charge in [0.25, 0.3) is 0 Å². The van der Waals surface area contributed by atoms with Crippen LogP contribution in [0.1, 0.15) is 19.4 Å². The minimum atomic E-state index is -3.71. The molecule has 1 aliphatic rings. The Balaban J connectivity index is 1.80. The number of rotatable bonds is 10. The summed E-state index contributed by atoms with van der Waals surface area (Å²) in [6.07, 6.45) is 0. The number of likely N-dealkylation sites (N-methyl/N-ethyl adjacent to an activating group) is 1. The SMILES string of the molecule is CCN(CC)c1ccc(S(=O)(=O)N2CCOCC2)cc1NC(=O)CN(C)Cc1cccc(F)c1. The quantitative estimate of drug-likeness (QED) is 0.549. The fourth-order valence-electron chi connectivity index (χ4n) is 3.99. The molecule has 0 radical (unpaired) electrons. The summed E-state index contributed by atoms with van der Waals surface area (Å²) < 4.78 is 46.5. The highest BCUT2D eigenvalue weighted by molar-refractivity contribution is 7.89. The van der Waals surface area contributed by atoms with Gasteiger partial charge in [-0.05, 0) is 56.8 Å². The summed E-state index contributed by atoms with van der Waals surface area (Å²) in [5.74, 6) is -0.606. The van der Waals surface area contributed by atoms with E-state index in [-0.39, 0.29) is 23.2 Å². The van der Waals surface area contributed by atoms with Crippen molar-refractivity contribution in [2.75, 3.05) is 63.2 Å². The van der Waals surface area contributed by atoms with Crippen LogP contribution >= 0.6 is 0 Å². The van der Waals surface area contributed by atoms with Gasteiger partial charge in [0.15, 0.2) is 0 Å². The Labute approximate surface area is 201 Å². The van der Waals surface area contributed by atoms with Gasteiger partial charge in [-0.3, -0.25) is 9.69 Å². The highest BCUT2D eigenvalue weighted by Crippen LogP contribution is 2.30. The molecule has 2 aromatic carbocycles. The summed E-state index contributed by atoms with van der Waals surface area (Å²) in [6.45, 7) is 7.19. The highest BCUT2D eigenvalue weighted by Gasteiger charge is 2.27. The van der Waals surface area contributed by atoms with Crippen LogP contribution in [-0.2, 0) is 26.1 Å². The molecule has 0 atom stereocenters. The largest absolute Gasteiger partial charge is 0.379 e. The van der Waals surface area contributed by atoms with E-state index in [0.29, 0.717) is 51.6 Å². The van der Waals surface area contributed by atoms with Crippen LogP contribution in [0.3, 0.4) is 0 Å². The molecular weight excluding hydrogens is 459 g/mol. The third kappa shape index (κ3) is 6.53. The lowest BCUT2D eigenvalue weighted by molar-refractivity contribution is -0.117. The van der Waals surface area contributed by atoms with Crippen molar-refractivity contribution >= 4 is 27.3 Å². The fourth-order valence-corrected chi connectivity index (χ4v) is 5.42. The summed E-state index contributed by atoms with van der Waals surface area (Å²) in [4.78, 5) is 16.8. The van der Waals surface area contributed by atoms with E-state index >= 15 is 0 Å². The molecule has 10 heteroatoms. The van der Waals surface area contributed by atoms with Crippen molar-refractivity contribution in [3.05, 3.63) is 53.8 Å². The van der Waals surface area contributed by atoms with Crippen LogP contribution in [0, 0.1) is 5.82 Å². The Bertz CT molecular complexity index is 1090. The van der Waals surface area contributed by atoms with E-state index in [9.17, 15) is 17.6 Å². The van der Waals surface area contributed by atoms with Crippen molar-refractivity contribution in [1.29, 1.82) is 0 Å². The van der Waals surface area contributed by atoms with Crippen molar-refractivity contribution < 1.29 is 22.3 Å². The summed E-state index contributed by atoms with van der Waals surface area (Å²) in [7, 11) is -1.93. The van der Waals surface area contributed by atoms with Gasteiger partial charge in [-0.15, -0.1) is 0 Å². The zero-order chi connectivity index (χ0) is 24.7. The number of sulfonamides is 1. The second-order valence-corrected chi connectivity index (χ2v) is 10.2. The third-order valence-corrected chi connectivity index (χ3v) is 7.60. The van der Waals surface area contributed by atoms with Crippen LogP contribution in [0.15, 0.2) is 47.4 Å². The van der Waals surface area contributed by atoms with Crippen LogP contribution in [0.4, 0.5) is 15.8 Å². The smallest absolute Gasteiger partial charge is 0.243 e. The zero-order valence-corrected chi connectivity index (χ0v) is 20.8. The van der Waals surface area contributed by atoms with E-state index in [1.165, 1.54) is 22.5 Å². The standard InChI is InChI=1S/C24H33FN4O4S/c1-4-28(5-2)23-10-9-21(34(31,32)29-11-13-33-14-12-29)16-22(23)26-24(30)18-27(3)17-19-7-6-8-20(25)15-19/h6-10,15-16H,4-5,11-14,17-18H2,1-3H3,(H,26,30). The summed E-state index contributed by atoms with van der Waals surface area (Å²) in [5.41, 5.74) is 1.96. The predicted octanol–water partition coefficient (Wildman–Crippen LogP) is 2.76. The monoisotopic (exact) mass is 492 g/mol. The number of morpholine rings is 1. The normalized spacial score (nSPS) is 14.9. The maximum atomic E-state index is 13.5. The number of ether oxygens (including phenoxy) is 1. The molecular formula is C24H33FN4O4S. The van der Waals surface area contributed by atoms with Gasteiger partial charge in [0.05, 0.1) is 36.0 Å². The Kier molecular flexibility index (Phi) is 9.01. The predicted molar refractivity (Wildman–Crippen MR) is 131 cm³/mol. The molecule has 1 fully saturated rings. The second-order valence-electron chi connectivity index (χ2n) is 8.22. The first-order valence-electron chi connectivity index (χ1n) is 11.4. The molecule has 0 aliphatic carbocycles. The molecule has 3 rings (SSSR count). The third-order valence-electron chi connectivity index (χ3n) is 5.71. The number of nitrogens with zero attached hydrogens (tertiary/aromatic N) is 3. The van der Waals surface area contributed by atoms with Gasteiger partial charge in [0.2, 0.25) is 15.9 Å². The fraction of sp³-hybridized carbons (Fsp3) is 0.458. The number of hydrogen-bond acceptors (Lipinski definition) is 6.